The Kier molecular flexibility index (Phi) is 5.26. The lowest BCUT2D eigenvalue weighted by atomic mass is 10.1. The zero-order valence-electron chi connectivity index (χ0n) is 16.1. The number of rotatable bonds is 3. The minimum atomic E-state index is 0.433. The standard InChI is InChI=1S/C22H18Cl2N4O/c1-12-8-21-17(10-18(12)24)19(27-28-22-25-13(2)9-14(3)26-22)11-20(29-21)15-4-6-16(23)7-5-15/h4-11H,1-3H3,(H,25,26,28). The van der Waals surface area contributed by atoms with Gasteiger partial charge in [-0.05, 0) is 68.8 Å². The van der Waals surface area contributed by atoms with Gasteiger partial charge in [0, 0.05) is 38.4 Å². The van der Waals surface area contributed by atoms with Gasteiger partial charge in [0.25, 0.3) is 0 Å². The molecule has 0 spiro atoms. The van der Waals surface area contributed by atoms with Crippen LogP contribution in [0, 0.1) is 20.8 Å². The SMILES string of the molecule is Cc1cc(C)nc(NN=c2cc(-c3ccc(Cl)cc3)oc3cc(C)c(Cl)cc23)n1. The largest absolute Gasteiger partial charge is 0.456 e. The Morgan fingerprint density at radius 2 is 1.59 bits per heavy atom. The van der Waals surface area contributed by atoms with Crippen LogP contribution in [0.25, 0.3) is 22.3 Å². The van der Waals surface area contributed by atoms with E-state index in [0.29, 0.717) is 32.7 Å². The molecule has 0 bridgehead atoms. The third kappa shape index (κ3) is 4.26. The first kappa shape index (κ1) is 19.4. The third-order valence-corrected chi connectivity index (χ3v) is 5.07. The highest BCUT2D eigenvalue weighted by Gasteiger charge is 2.09. The van der Waals surface area contributed by atoms with Crippen molar-refractivity contribution in [2.75, 3.05) is 5.43 Å². The molecule has 2 heterocycles. The summed E-state index contributed by atoms with van der Waals surface area (Å²) in [4.78, 5) is 8.74. The number of fused-ring (bicyclic) bond motifs is 1. The number of hydrogen-bond donors (Lipinski definition) is 1. The molecule has 2 aromatic heterocycles. The van der Waals surface area contributed by atoms with Crippen molar-refractivity contribution >= 4 is 40.1 Å². The number of benzene rings is 2. The van der Waals surface area contributed by atoms with Gasteiger partial charge in [-0.1, -0.05) is 23.2 Å². The maximum atomic E-state index is 6.35. The van der Waals surface area contributed by atoms with Crippen LogP contribution in [0.4, 0.5) is 5.95 Å². The second kappa shape index (κ2) is 7.85. The van der Waals surface area contributed by atoms with Crippen LogP contribution in [-0.2, 0) is 0 Å². The molecule has 0 atom stereocenters. The van der Waals surface area contributed by atoms with Crippen LogP contribution >= 0.6 is 23.2 Å². The van der Waals surface area contributed by atoms with E-state index in [1.807, 2.05) is 69.3 Å². The molecule has 0 unspecified atom stereocenters. The van der Waals surface area contributed by atoms with Crippen molar-refractivity contribution in [2.45, 2.75) is 20.8 Å². The van der Waals surface area contributed by atoms with Crippen LogP contribution in [0.15, 0.2) is 58.0 Å². The van der Waals surface area contributed by atoms with E-state index in [1.165, 1.54) is 0 Å². The summed E-state index contributed by atoms with van der Waals surface area (Å²) < 4.78 is 6.13. The maximum Gasteiger partial charge on any atom is 0.243 e. The van der Waals surface area contributed by atoms with Gasteiger partial charge in [0.1, 0.15) is 11.3 Å². The van der Waals surface area contributed by atoms with E-state index in [9.17, 15) is 0 Å². The fourth-order valence-corrected chi connectivity index (χ4v) is 3.31. The first-order valence-electron chi connectivity index (χ1n) is 9.01. The van der Waals surface area contributed by atoms with E-state index in [-0.39, 0.29) is 0 Å². The summed E-state index contributed by atoms with van der Waals surface area (Å²) in [6.45, 7) is 5.76. The summed E-state index contributed by atoms with van der Waals surface area (Å²) in [6.07, 6.45) is 0. The summed E-state index contributed by atoms with van der Waals surface area (Å²) in [6, 6.07) is 15.0. The molecule has 7 heteroatoms. The predicted octanol–water partition coefficient (Wildman–Crippen LogP) is 6.05. The predicted molar refractivity (Wildman–Crippen MR) is 117 cm³/mol. The summed E-state index contributed by atoms with van der Waals surface area (Å²) >= 11 is 12.4. The molecule has 0 radical (unpaired) electrons. The Morgan fingerprint density at radius 1 is 0.897 bits per heavy atom. The van der Waals surface area contributed by atoms with Gasteiger partial charge in [0.2, 0.25) is 5.95 Å². The summed E-state index contributed by atoms with van der Waals surface area (Å²) in [5.74, 6) is 1.10. The molecular weight excluding hydrogens is 407 g/mol. The molecule has 0 saturated heterocycles. The molecule has 4 rings (SSSR count). The molecule has 2 aromatic carbocycles. The number of aryl methyl sites for hydroxylation is 3. The highest BCUT2D eigenvalue weighted by atomic mass is 35.5. The molecule has 0 aliphatic rings. The van der Waals surface area contributed by atoms with Crippen LogP contribution in [-0.4, -0.2) is 9.97 Å². The van der Waals surface area contributed by atoms with E-state index in [0.717, 1.165) is 27.9 Å². The first-order valence-corrected chi connectivity index (χ1v) is 9.76. The molecule has 0 fully saturated rings. The Balaban J connectivity index is 1.90. The van der Waals surface area contributed by atoms with Gasteiger partial charge in [-0.15, -0.1) is 0 Å². The second-order valence-electron chi connectivity index (χ2n) is 6.80. The van der Waals surface area contributed by atoms with Gasteiger partial charge in [-0.3, -0.25) is 0 Å². The Hall–Kier alpha value is -2.89. The van der Waals surface area contributed by atoms with Crippen molar-refractivity contribution in [3.05, 3.63) is 80.9 Å². The van der Waals surface area contributed by atoms with Crippen molar-refractivity contribution in [2.24, 2.45) is 5.10 Å². The smallest absolute Gasteiger partial charge is 0.243 e. The number of aromatic nitrogens is 2. The second-order valence-corrected chi connectivity index (χ2v) is 7.64. The molecule has 146 valence electrons. The van der Waals surface area contributed by atoms with Gasteiger partial charge in [0.15, 0.2) is 0 Å². The zero-order chi connectivity index (χ0) is 20.5. The Bertz CT molecular complexity index is 1260. The van der Waals surface area contributed by atoms with Crippen molar-refractivity contribution in [1.82, 2.24) is 9.97 Å². The van der Waals surface area contributed by atoms with Crippen LogP contribution < -0.4 is 10.8 Å². The van der Waals surface area contributed by atoms with Gasteiger partial charge < -0.3 is 4.42 Å². The van der Waals surface area contributed by atoms with Crippen LogP contribution in [0.2, 0.25) is 10.0 Å². The van der Waals surface area contributed by atoms with Crippen molar-refractivity contribution < 1.29 is 4.42 Å². The maximum absolute atomic E-state index is 6.35. The molecule has 0 amide bonds. The molecule has 0 aliphatic carbocycles. The average Bonchev–Trinajstić information content (AvgIpc) is 2.67. The summed E-state index contributed by atoms with van der Waals surface area (Å²) in [5.41, 5.74) is 7.18. The monoisotopic (exact) mass is 424 g/mol. The fourth-order valence-electron chi connectivity index (χ4n) is 3.02. The Labute approximate surface area is 178 Å². The van der Waals surface area contributed by atoms with Crippen molar-refractivity contribution in [3.8, 4) is 11.3 Å². The van der Waals surface area contributed by atoms with Gasteiger partial charge in [-0.2, -0.15) is 5.10 Å². The number of halogens is 2. The average molecular weight is 425 g/mol. The van der Waals surface area contributed by atoms with Crippen molar-refractivity contribution in [1.29, 1.82) is 0 Å². The minimum absolute atomic E-state index is 0.433. The van der Waals surface area contributed by atoms with Crippen LogP contribution in [0.1, 0.15) is 17.0 Å². The topological polar surface area (TPSA) is 63.3 Å². The molecule has 5 nitrogen and oxygen atoms in total. The summed E-state index contributed by atoms with van der Waals surface area (Å²) in [5, 5.41) is 7.30. The number of hydrogen-bond acceptors (Lipinski definition) is 5. The lowest BCUT2D eigenvalue weighted by Crippen LogP contribution is -2.09. The van der Waals surface area contributed by atoms with Crippen LogP contribution in [0.5, 0.6) is 0 Å². The van der Waals surface area contributed by atoms with E-state index < -0.39 is 0 Å². The third-order valence-electron chi connectivity index (χ3n) is 4.41. The van der Waals surface area contributed by atoms with E-state index in [2.05, 4.69) is 20.5 Å². The lowest BCUT2D eigenvalue weighted by Gasteiger charge is -2.08. The normalized spacial score (nSPS) is 11.8. The number of anilines is 1. The number of nitrogens with one attached hydrogen (secondary N) is 1. The Morgan fingerprint density at radius 3 is 2.28 bits per heavy atom. The quantitative estimate of drug-likeness (QED) is 0.406. The minimum Gasteiger partial charge on any atom is -0.456 e. The molecule has 29 heavy (non-hydrogen) atoms. The molecule has 4 aromatic rings. The highest BCUT2D eigenvalue weighted by molar-refractivity contribution is 6.32. The fraction of sp³-hybridized carbons (Fsp3) is 0.136. The first-order chi connectivity index (χ1) is 13.9. The molecular formula is C22H18Cl2N4O. The molecule has 0 saturated carbocycles. The number of nitrogens with zero attached hydrogens (tertiary/aromatic N) is 3. The zero-order valence-corrected chi connectivity index (χ0v) is 17.6. The molecule has 0 aliphatic heterocycles. The van der Waals surface area contributed by atoms with Gasteiger partial charge in [0.05, 0.1) is 5.36 Å². The van der Waals surface area contributed by atoms with Gasteiger partial charge in [-0.25, -0.2) is 15.4 Å². The van der Waals surface area contributed by atoms with E-state index in [4.69, 9.17) is 27.6 Å². The van der Waals surface area contributed by atoms with Crippen LogP contribution in [0.3, 0.4) is 0 Å². The lowest BCUT2D eigenvalue weighted by molar-refractivity contribution is 0.618. The van der Waals surface area contributed by atoms with Gasteiger partial charge >= 0.3 is 0 Å². The van der Waals surface area contributed by atoms with E-state index in [1.54, 1.807) is 0 Å². The highest BCUT2D eigenvalue weighted by Crippen LogP contribution is 2.27. The summed E-state index contributed by atoms with van der Waals surface area (Å²) in [7, 11) is 0. The van der Waals surface area contributed by atoms with E-state index >= 15 is 0 Å². The molecule has 1 N–H and O–H groups in total. The van der Waals surface area contributed by atoms with Crippen molar-refractivity contribution in [3.63, 3.8) is 0 Å².